The molecule has 0 saturated heterocycles. The van der Waals surface area contributed by atoms with E-state index >= 15 is 0 Å². The second kappa shape index (κ2) is 8.99. The molecule has 0 radical (unpaired) electrons. The molecule has 4 nitrogen and oxygen atoms in total. The second-order valence-electron chi connectivity index (χ2n) is 3.52. The fraction of sp³-hybridized carbons (Fsp3) is 0.333. The molecule has 0 aliphatic heterocycles. The molecular formula is C12H15BrN2O2S. The fourth-order valence-electron chi connectivity index (χ4n) is 1.21. The first-order valence-electron chi connectivity index (χ1n) is 5.54. The quantitative estimate of drug-likeness (QED) is 0.434. The standard InChI is InChI=1S/C12H15BrN2O2S/c13-10-2-4-11(5-3-10)18-8-12(17)15-7-1-6-14-9-16/h2-5,9H,1,6-8H2,(H,14,16)(H,15,17). The SMILES string of the molecule is O=CNCCCNC(=O)CSc1ccc(Br)cc1. The fourth-order valence-corrected chi connectivity index (χ4v) is 2.20. The molecule has 0 aliphatic carbocycles. The number of benzene rings is 1. The van der Waals surface area contributed by atoms with Crippen LogP contribution in [0.4, 0.5) is 0 Å². The van der Waals surface area contributed by atoms with Gasteiger partial charge in [0.1, 0.15) is 0 Å². The van der Waals surface area contributed by atoms with Crippen LogP contribution in [0.2, 0.25) is 0 Å². The van der Waals surface area contributed by atoms with Gasteiger partial charge in [-0.25, -0.2) is 0 Å². The van der Waals surface area contributed by atoms with E-state index in [0.29, 0.717) is 25.3 Å². The van der Waals surface area contributed by atoms with Crippen molar-refractivity contribution in [2.24, 2.45) is 0 Å². The number of hydrogen-bond acceptors (Lipinski definition) is 3. The van der Waals surface area contributed by atoms with Crippen molar-refractivity contribution in [3.05, 3.63) is 28.7 Å². The molecule has 0 spiro atoms. The maximum absolute atomic E-state index is 11.5. The summed E-state index contributed by atoms with van der Waals surface area (Å²) < 4.78 is 1.03. The van der Waals surface area contributed by atoms with E-state index in [1.165, 1.54) is 11.8 Å². The normalized spacial score (nSPS) is 9.83. The molecule has 2 N–H and O–H groups in total. The van der Waals surface area contributed by atoms with Crippen LogP contribution >= 0.6 is 27.7 Å². The van der Waals surface area contributed by atoms with Gasteiger partial charge in [0.25, 0.3) is 0 Å². The molecule has 1 rings (SSSR count). The van der Waals surface area contributed by atoms with Crippen molar-refractivity contribution in [3.63, 3.8) is 0 Å². The molecule has 1 aromatic rings. The number of carbonyl (C=O) groups excluding carboxylic acids is 2. The first-order chi connectivity index (χ1) is 8.72. The Kier molecular flexibility index (Phi) is 7.52. The molecule has 0 aliphatic rings. The van der Waals surface area contributed by atoms with Crippen LogP contribution < -0.4 is 10.6 Å². The Morgan fingerprint density at radius 1 is 1.28 bits per heavy atom. The lowest BCUT2D eigenvalue weighted by molar-refractivity contribution is -0.118. The topological polar surface area (TPSA) is 58.2 Å². The van der Waals surface area contributed by atoms with Crippen LogP contribution in [-0.2, 0) is 9.59 Å². The summed E-state index contributed by atoms with van der Waals surface area (Å²) in [5.41, 5.74) is 0. The van der Waals surface area contributed by atoms with Crippen LogP contribution in [0.3, 0.4) is 0 Å². The smallest absolute Gasteiger partial charge is 0.230 e. The summed E-state index contributed by atoms with van der Waals surface area (Å²) in [5.74, 6) is 0.414. The molecule has 1 aromatic carbocycles. The van der Waals surface area contributed by atoms with Crippen molar-refractivity contribution < 1.29 is 9.59 Å². The summed E-state index contributed by atoms with van der Waals surface area (Å²) in [6.45, 7) is 1.17. The molecule has 0 heterocycles. The van der Waals surface area contributed by atoms with Crippen molar-refractivity contribution in [1.82, 2.24) is 10.6 Å². The third-order valence-electron chi connectivity index (χ3n) is 2.09. The van der Waals surface area contributed by atoms with Crippen LogP contribution in [0, 0.1) is 0 Å². The molecule has 18 heavy (non-hydrogen) atoms. The van der Waals surface area contributed by atoms with Gasteiger partial charge in [-0.2, -0.15) is 0 Å². The van der Waals surface area contributed by atoms with Crippen LogP contribution in [-0.4, -0.2) is 31.2 Å². The van der Waals surface area contributed by atoms with Crippen LogP contribution in [0.5, 0.6) is 0 Å². The van der Waals surface area contributed by atoms with E-state index in [0.717, 1.165) is 15.8 Å². The highest BCUT2D eigenvalue weighted by Gasteiger charge is 2.01. The highest BCUT2D eigenvalue weighted by molar-refractivity contribution is 9.10. The third kappa shape index (κ3) is 6.66. The summed E-state index contributed by atoms with van der Waals surface area (Å²) >= 11 is 4.86. The second-order valence-corrected chi connectivity index (χ2v) is 5.48. The van der Waals surface area contributed by atoms with Gasteiger partial charge in [-0.1, -0.05) is 15.9 Å². The lowest BCUT2D eigenvalue weighted by Crippen LogP contribution is -2.28. The predicted octanol–water partition coefficient (Wildman–Crippen LogP) is 1.79. The highest BCUT2D eigenvalue weighted by Crippen LogP contribution is 2.20. The van der Waals surface area contributed by atoms with E-state index in [2.05, 4.69) is 26.6 Å². The molecule has 0 unspecified atom stereocenters. The maximum atomic E-state index is 11.5. The van der Waals surface area contributed by atoms with Gasteiger partial charge < -0.3 is 10.6 Å². The third-order valence-corrected chi connectivity index (χ3v) is 3.63. The van der Waals surface area contributed by atoms with E-state index in [1.54, 1.807) is 0 Å². The molecule has 2 amide bonds. The number of halogens is 1. The molecule has 0 saturated carbocycles. The minimum atomic E-state index is 0.00835. The lowest BCUT2D eigenvalue weighted by atomic mass is 10.4. The maximum Gasteiger partial charge on any atom is 0.230 e. The Morgan fingerprint density at radius 2 is 2.00 bits per heavy atom. The van der Waals surface area contributed by atoms with E-state index < -0.39 is 0 Å². The summed E-state index contributed by atoms with van der Waals surface area (Å²) in [4.78, 5) is 22.5. The minimum Gasteiger partial charge on any atom is -0.359 e. The van der Waals surface area contributed by atoms with Crippen molar-refractivity contribution in [3.8, 4) is 0 Å². The van der Waals surface area contributed by atoms with Crippen LogP contribution in [0.1, 0.15) is 6.42 Å². The van der Waals surface area contributed by atoms with Crippen molar-refractivity contribution in [2.75, 3.05) is 18.8 Å². The summed E-state index contributed by atoms with van der Waals surface area (Å²) in [6.07, 6.45) is 1.40. The van der Waals surface area contributed by atoms with Gasteiger partial charge in [-0.15, -0.1) is 11.8 Å². The number of nitrogens with one attached hydrogen (secondary N) is 2. The largest absolute Gasteiger partial charge is 0.359 e. The van der Waals surface area contributed by atoms with Crippen molar-refractivity contribution in [1.29, 1.82) is 0 Å². The van der Waals surface area contributed by atoms with Crippen LogP contribution in [0.15, 0.2) is 33.6 Å². The molecule has 0 fully saturated rings. The molecule has 0 aromatic heterocycles. The van der Waals surface area contributed by atoms with Gasteiger partial charge >= 0.3 is 0 Å². The number of hydrogen-bond donors (Lipinski definition) is 2. The van der Waals surface area contributed by atoms with Gasteiger partial charge in [-0.3, -0.25) is 9.59 Å². The van der Waals surface area contributed by atoms with E-state index in [4.69, 9.17) is 0 Å². The Balaban J connectivity index is 2.13. The van der Waals surface area contributed by atoms with E-state index in [9.17, 15) is 9.59 Å². The predicted molar refractivity (Wildman–Crippen MR) is 76.6 cm³/mol. The molecule has 6 heteroatoms. The van der Waals surface area contributed by atoms with E-state index in [1.807, 2.05) is 24.3 Å². The molecule has 0 atom stereocenters. The zero-order valence-electron chi connectivity index (χ0n) is 9.82. The van der Waals surface area contributed by atoms with Crippen LogP contribution in [0.25, 0.3) is 0 Å². The summed E-state index contributed by atoms with van der Waals surface area (Å²) in [5, 5.41) is 5.34. The average molecular weight is 331 g/mol. The number of amides is 2. The van der Waals surface area contributed by atoms with Gasteiger partial charge in [-0.05, 0) is 30.7 Å². The molecule has 98 valence electrons. The van der Waals surface area contributed by atoms with Gasteiger partial charge in [0.05, 0.1) is 5.75 Å². The Hall–Kier alpha value is -1.01. The van der Waals surface area contributed by atoms with Gasteiger partial charge in [0, 0.05) is 22.5 Å². The van der Waals surface area contributed by atoms with Crippen molar-refractivity contribution in [2.45, 2.75) is 11.3 Å². The Labute approximate surface area is 119 Å². The first kappa shape index (κ1) is 15.0. The van der Waals surface area contributed by atoms with Gasteiger partial charge in [0.15, 0.2) is 0 Å². The monoisotopic (exact) mass is 330 g/mol. The zero-order chi connectivity index (χ0) is 13.2. The van der Waals surface area contributed by atoms with Gasteiger partial charge in [0.2, 0.25) is 12.3 Å². The number of thioether (sulfide) groups is 1. The molecule has 0 bridgehead atoms. The van der Waals surface area contributed by atoms with E-state index in [-0.39, 0.29) is 5.91 Å². The summed E-state index contributed by atoms with van der Waals surface area (Å²) in [6, 6.07) is 7.84. The zero-order valence-corrected chi connectivity index (χ0v) is 12.2. The van der Waals surface area contributed by atoms with Crippen molar-refractivity contribution >= 4 is 40.0 Å². The highest BCUT2D eigenvalue weighted by atomic mass is 79.9. The minimum absolute atomic E-state index is 0.00835. The average Bonchev–Trinajstić information content (AvgIpc) is 2.38. The number of carbonyl (C=O) groups is 2. The summed E-state index contributed by atoms with van der Waals surface area (Å²) in [7, 11) is 0. The number of rotatable bonds is 8. The molecular weight excluding hydrogens is 316 g/mol. The lowest BCUT2D eigenvalue weighted by Gasteiger charge is -2.05. The Morgan fingerprint density at radius 3 is 2.67 bits per heavy atom. The first-order valence-corrected chi connectivity index (χ1v) is 7.32. The Bertz CT molecular complexity index is 384.